The van der Waals surface area contributed by atoms with Gasteiger partial charge in [0, 0.05) is 22.6 Å². The monoisotopic (exact) mass is 279 g/mol. The Labute approximate surface area is 119 Å². The fourth-order valence-corrected chi connectivity index (χ4v) is 4.87. The lowest BCUT2D eigenvalue weighted by Crippen LogP contribution is -2.42. The highest BCUT2D eigenvalue weighted by Gasteiger charge is 2.42. The minimum Gasteiger partial charge on any atom is -0.326 e. The standard InChI is InChI=1S/C16H25NOS/c1-11-7-12(2)9-13(8-11)10-19(18)14-5-6-16(3,4)15(14)17/h7-9,14-15H,5-6,10,17H2,1-4H3. The molecule has 0 radical (unpaired) electrons. The van der Waals surface area contributed by atoms with Crippen molar-refractivity contribution < 1.29 is 4.21 Å². The minimum absolute atomic E-state index is 0.0549. The van der Waals surface area contributed by atoms with E-state index in [9.17, 15) is 4.21 Å². The van der Waals surface area contributed by atoms with Gasteiger partial charge in [0.2, 0.25) is 0 Å². The molecule has 106 valence electrons. The Bertz CT molecular complexity index is 475. The van der Waals surface area contributed by atoms with Crippen LogP contribution in [0.25, 0.3) is 0 Å². The number of benzene rings is 1. The zero-order valence-electron chi connectivity index (χ0n) is 12.4. The van der Waals surface area contributed by atoms with Gasteiger partial charge in [-0.05, 0) is 37.7 Å². The van der Waals surface area contributed by atoms with Crippen LogP contribution >= 0.6 is 0 Å². The summed E-state index contributed by atoms with van der Waals surface area (Å²) in [4.78, 5) is 0. The van der Waals surface area contributed by atoms with Gasteiger partial charge in [0.1, 0.15) is 0 Å². The predicted octanol–water partition coefficient (Wildman–Crippen LogP) is 3.07. The van der Waals surface area contributed by atoms with E-state index in [1.165, 1.54) is 16.7 Å². The van der Waals surface area contributed by atoms with Crippen LogP contribution in [0.15, 0.2) is 18.2 Å². The second-order valence-corrected chi connectivity index (χ2v) is 8.27. The van der Waals surface area contributed by atoms with Crippen LogP contribution < -0.4 is 5.73 Å². The summed E-state index contributed by atoms with van der Waals surface area (Å²) in [5.41, 5.74) is 10.1. The van der Waals surface area contributed by atoms with Gasteiger partial charge in [0.25, 0.3) is 0 Å². The van der Waals surface area contributed by atoms with Gasteiger partial charge >= 0.3 is 0 Å². The largest absolute Gasteiger partial charge is 0.326 e. The minimum atomic E-state index is -0.865. The fraction of sp³-hybridized carbons (Fsp3) is 0.625. The molecule has 2 rings (SSSR count). The van der Waals surface area contributed by atoms with Crippen molar-refractivity contribution in [2.24, 2.45) is 11.1 Å². The number of nitrogens with two attached hydrogens (primary N) is 1. The van der Waals surface area contributed by atoms with Gasteiger partial charge < -0.3 is 5.73 Å². The Morgan fingerprint density at radius 1 is 1.26 bits per heavy atom. The van der Waals surface area contributed by atoms with Gasteiger partial charge in [-0.2, -0.15) is 0 Å². The molecule has 0 aromatic heterocycles. The Morgan fingerprint density at radius 2 is 1.84 bits per heavy atom. The Hall–Kier alpha value is -0.670. The van der Waals surface area contributed by atoms with Crippen molar-refractivity contribution in [3.63, 3.8) is 0 Å². The smallest absolute Gasteiger partial charge is 0.0507 e. The summed E-state index contributed by atoms with van der Waals surface area (Å²) in [6.07, 6.45) is 2.07. The van der Waals surface area contributed by atoms with Crippen molar-refractivity contribution in [3.05, 3.63) is 34.9 Å². The molecule has 1 aliphatic carbocycles. The fourth-order valence-electron chi connectivity index (χ4n) is 3.08. The van der Waals surface area contributed by atoms with Crippen molar-refractivity contribution in [1.82, 2.24) is 0 Å². The van der Waals surface area contributed by atoms with E-state index in [4.69, 9.17) is 5.73 Å². The van der Waals surface area contributed by atoms with Crippen LogP contribution in [0.3, 0.4) is 0 Å². The zero-order chi connectivity index (χ0) is 14.2. The molecule has 0 heterocycles. The average molecular weight is 279 g/mol. The number of rotatable bonds is 3. The van der Waals surface area contributed by atoms with E-state index < -0.39 is 10.8 Å². The third kappa shape index (κ3) is 3.26. The van der Waals surface area contributed by atoms with Crippen molar-refractivity contribution >= 4 is 10.8 Å². The van der Waals surface area contributed by atoms with Gasteiger partial charge in [-0.3, -0.25) is 4.21 Å². The molecule has 19 heavy (non-hydrogen) atoms. The van der Waals surface area contributed by atoms with Crippen LogP contribution in [0.5, 0.6) is 0 Å². The molecule has 2 N–H and O–H groups in total. The van der Waals surface area contributed by atoms with Crippen LogP contribution in [-0.2, 0) is 16.6 Å². The second-order valence-electron chi connectivity index (χ2n) is 6.61. The predicted molar refractivity (Wildman–Crippen MR) is 82.5 cm³/mol. The van der Waals surface area contributed by atoms with E-state index in [1.54, 1.807) is 0 Å². The number of aryl methyl sites for hydroxylation is 2. The lowest BCUT2D eigenvalue weighted by Gasteiger charge is -2.26. The van der Waals surface area contributed by atoms with E-state index in [2.05, 4.69) is 45.9 Å². The molecule has 0 aliphatic heterocycles. The highest BCUT2D eigenvalue weighted by Crippen LogP contribution is 2.39. The molecule has 0 bridgehead atoms. The van der Waals surface area contributed by atoms with Gasteiger partial charge in [-0.15, -0.1) is 0 Å². The Morgan fingerprint density at radius 3 is 2.32 bits per heavy atom. The van der Waals surface area contributed by atoms with Gasteiger partial charge in [-0.25, -0.2) is 0 Å². The summed E-state index contributed by atoms with van der Waals surface area (Å²) < 4.78 is 12.6. The summed E-state index contributed by atoms with van der Waals surface area (Å²) in [7, 11) is -0.865. The molecule has 3 unspecified atom stereocenters. The summed E-state index contributed by atoms with van der Waals surface area (Å²) >= 11 is 0. The van der Waals surface area contributed by atoms with Gasteiger partial charge in [0.15, 0.2) is 0 Å². The third-order valence-corrected chi connectivity index (χ3v) is 6.13. The molecule has 1 saturated carbocycles. The van der Waals surface area contributed by atoms with Crippen LogP contribution in [0.1, 0.15) is 43.4 Å². The molecule has 3 heteroatoms. The van der Waals surface area contributed by atoms with Crippen molar-refractivity contribution in [3.8, 4) is 0 Å². The average Bonchev–Trinajstić information content (AvgIpc) is 2.52. The van der Waals surface area contributed by atoms with Crippen LogP contribution in [-0.4, -0.2) is 15.5 Å². The lowest BCUT2D eigenvalue weighted by atomic mass is 9.88. The third-order valence-electron chi connectivity index (χ3n) is 4.30. The lowest BCUT2D eigenvalue weighted by molar-refractivity contribution is 0.333. The molecule has 1 fully saturated rings. The summed E-state index contributed by atoms with van der Waals surface area (Å²) in [5, 5.41) is 0.149. The molecule has 1 aliphatic rings. The first kappa shape index (κ1) is 14.7. The summed E-state index contributed by atoms with van der Waals surface area (Å²) in [5.74, 6) is 0.636. The van der Waals surface area contributed by atoms with Crippen LogP contribution in [0, 0.1) is 19.3 Å². The highest BCUT2D eigenvalue weighted by atomic mass is 32.2. The van der Waals surface area contributed by atoms with E-state index in [0.717, 1.165) is 12.8 Å². The summed E-state index contributed by atoms with van der Waals surface area (Å²) in [6.45, 7) is 8.55. The molecular formula is C16H25NOS. The van der Waals surface area contributed by atoms with Gasteiger partial charge in [-0.1, -0.05) is 43.2 Å². The quantitative estimate of drug-likeness (QED) is 0.924. The molecule has 1 aromatic carbocycles. The molecule has 0 amide bonds. The van der Waals surface area contributed by atoms with E-state index in [0.29, 0.717) is 5.75 Å². The molecule has 3 atom stereocenters. The first-order valence-electron chi connectivity index (χ1n) is 6.99. The number of hydrogen-bond donors (Lipinski definition) is 1. The molecular weight excluding hydrogens is 254 g/mol. The molecule has 1 aromatic rings. The van der Waals surface area contributed by atoms with E-state index in [-0.39, 0.29) is 16.7 Å². The van der Waals surface area contributed by atoms with Gasteiger partial charge in [0.05, 0.1) is 5.25 Å². The Kier molecular flexibility index (Phi) is 4.17. The zero-order valence-corrected chi connectivity index (χ0v) is 13.2. The first-order chi connectivity index (χ1) is 8.79. The van der Waals surface area contributed by atoms with E-state index in [1.807, 2.05) is 0 Å². The van der Waals surface area contributed by atoms with E-state index >= 15 is 0 Å². The molecule has 2 nitrogen and oxygen atoms in total. The molecule has 0 spiro atoms. The topological polar surface area (TPSA) is 43.1 Å². The first-order valence-corrected chi connectivity index (χ1v) is 8.38. The SMILES string of the molecule is Cc1cc(C)cc(CS(=O)C2CCC(C)(C)C2N)c1. The highest BCUT2D eigenvalue weighted by molar-refractivity contribution is 7.84. The maximum absolute atomic E-state index is 12.6. The maximum atomic E-state index is 12.6. The normalized spacial score (nSPS) is 27.4. The van der Waals surface area contributed by atoms with Crippen molar-refractivity contribution in [2.45, 2.75) is 57.6 Å². The Balaban J connectivity index is 2.10. The summed E-state index contributed by atoms with van der Waals surface area (Å²) in [6, 6.07) is 6.48. The van der Waals surface area contributed by atoms with Crippen LogP contribution in [0.2, 0.25) is 0 Å². The van der Waals surface area contributed by atoms with Crippen molar-refractivity contribution in [2.75, 3.05) is 0 Å². The van der Waals surface area contributed by atoms with Crippen molar-refractivity contribution in [1.29, 1.82) is 0 Å². The number of hydrogen-bond acceptors (Lipinski definition) is 2. The second kappa shape index (κ2) is 5.37. The van der Waals surface area contributed by atoms with Crippen LogP contribution in [0.4, 0.5) is 0 Å². The molecule has 0 saturated heterocycles. The maximum Gasteiger partial charge on any atom is 0.0507 e.